The first-order chi connectivity index (χ1) is 10.6. The molecule has 2 aromatic rings. The van der Waals surface area contributed by atoms with Crippen molar-refractivity contribution in [3.8, 4) is 0 Å². The van der Waals surface area contributed by atoms with E-state index in [9.17, 15) is 4.79 Å². The highest BCUT2D eigenvalue weighted by atomic mass is 16.1. The summed E-state index contributed by atoms with van der Waals surface area (Å²) in [6.07, 6.45) is 2.97. The highest BCUT2D eigenvalue weighted by Gasteiger charge is 2.05. The molecule has 8 nitrogen and oxygen atoms in total. The minimum absolute atomic E-state index is 0.139. The molecule has 0 saturated heterocycles. The van der Waals surface area contributed by atoms with Gasteiger partial charge in [0.15, 0.2) is 11.7 Å². The van der Waals surface area contributed by atoms with Crippen molar-refractivity contribution in [2.75, 3.05) is 5.32 Å². The van der Waals surface area contributed by atoms with Gasteiger partial charge in [-0.15, -0.1) is 10.2 Å². The quantitative estimate of drug-likeness (QED) is 0.456. The lowest BCUT2D eigenvalue weighted by atomic mass is 10.3. The van der Waals surface area contributed by atoms with Crippen molar-refractivity contribution in [1.82, 2.24) is 9.97 Å². The van der Waals surface area contributed by atoms with Crippen molar-refractivity contribution in [2.24, 2.45) is 10.2 Å². The predicted molar refractivity (Wildman–Crippen MR) is 81.3 cm³/mol. The first-order valence-electron chi connectivity index (χ1n) is 6.30. The van der Waals surface area contributed by atoms with E-state index in [1.54, 1.807) is 30.5 Å². The van der Waals surface area contributed by atoms with Crippen LogP contribution in [0.25, 0.3) is 0 Å². The highest BCUT2D eigenvalue weighted by Crippen LogP contribution is 2.07. The number of hydrogen-bond acceptors (Lipinski definition) is 5. The third-order valence-electron chi connectivity index (χ3n) is 2.48. The average Bonchev–Trinajstić information content (AvgIpc) is 2.53. The fraction of sp³-hybridized carbons (Fsp3) is 0.0714. The molecule has 22 heavy (non-hydrogen) atoms. The van der Waals surface area contributed by atoms with Crippen LogP contribution in [0.15, 0.2) is 53.0 Å². The largest absolute Gasteiger partial charge is 0.325 e. The third kappa shape index (κ3) is 4.10. The number of carbonyl (C=O) groups is 1. The van der Waals surface area contributed by atoms with Gasteiger partial charge in [0.1, 0.15) is 11.4 Å². The molecule has 0 saturated carbocycles. The summed E-state index contributed by atoms with van der Waals surface area (Å²) in [6, 6.07) is 8.25. The standard InChI is InChI=1S/C14H13N7O/c1-9(22)19-10-5-6-12(18-8-10)14(16)21-20-13(15)11-4-2-3-7-17-11/h2-8,15-16H,1H3,(H,19,22)/b15-13?,16-14?,21-20-. The van der Waals surface area contributed by atoms with Crippen LogP contribution < -0.4 is 5.32 Å². The van der Waals surface area contributed by atoms with E-state index in [0.717, 1.165) is 0 Å². The van der Waals surface area contributed by atoms with Gasteiger partial charge in [0.05, 0.1) is 11.9 Å². The Hall–Kier alpha value is -3.29. The molecule has 0 aliphatic rings. The number of carbonyl (C=O) groups excluding carboxylic acids is 1. The number of rotatable bonds is 3. The summed E-state index contributed by atoms with van der Waals surface area (Å²) < 4.78 is 0. The van der Waals surface area contributed by atoms with Crippen LogP contribution in [0.2, 0.25) is 0 Å². The lowest BCUT2D eigenvalue weighted by Gasteiger charge is -2.02. The molecule has 8 heteroatoms. The molecule has 0 aliphatic heterocycles. The Morgan fingerprint density at radius 1 is 1.05 bits per heavy atom. The third-order valence-corrected chi connectivity index (χ3v) is 2.48. The van der Waals surface area contributed by atoms with Gasteiger partial charge >= 0.3 is 0 Å². The van der Waals surface area contributed by atoms with Crippen LogP contribution in [0.3, 0.4) is 0 Å². The number of amidine groups is 2. The lowest BCUT2D eigenvalue weighted by Crippen LogP contribution is -2.07. The Kier molecular flexibility index (Phi) is 4.76. The summed E-state index contributed by atoms with van der Waals surface area (Å²) in [5.41, 5.74) is 1.18. The van der Waals surface area contributed by atoms with E-state index in [4.69, 9.17) is 10.8 Å². The molecule has 2 aromatic heterocycles. The van der Waals surface area contributed by atoms with E-state index in [1.807, 2.05) is 0 Å². The van der Waals surface area contributed by atoms with E-state index >= 15 is 0 Å². The molecule has 0 radical (unpaired) electrons. The van der Waals surface area contributed by atoms with E-state index in [1.165, 1.54) is 19.2 Å². The first kappa shape index (κ1) is 15.1. The van der Waals surface area contributed by atoms with E-state index in [-0.39, 0.29) is 23.3 Å². The topological polar surface area (TPSA) is 127 Å². The Morgan fingerprint density at radius 2 is 1.73 bits per heavy atom. The van der Waals surface area contributed by atoms with Gasteiger partial charge in [0, 0.05) is 13.1 Å². The minimum Gasteiger partial charge on any atom is -0.325 e. The van der Waals surface area contributed by atoms with Crippen LogP contribution in [0.4, 0.5) is 5.69 Å². The molecule has 0 atom stereocenters. The van der Waals surface area contributed by atoms with Crippen LogP contribution in [-0.2, 0) is 4.79 Å². The second-order valence-corrected chi connectivity index (χ2v) is 4.23. The maximum Gasteiger partial charge on any atom is 0.221 e. The van der Waals surface area contributed by atoms with Gasteiger partial charge in [-0.25, -0.2) is 0 Å². The summed E-state index contributed by atoms with van der Waals surface area (Å²) in [5, 5.41) is 25.4. The molecule has 0 aromatic carbocycles. The molecule has 2 heterocycles. The van der Waals surface area contributed by atoms with Crippen molar-refractivity contribution >= 4 is 23.3 Å². The molecule has 0 bridgehead atoms. The number of azo groups is 1. The number of nitrogens with one attached hydrogen (secondary N) is 3. The van der Waals surface area contributed by atoms with E-state index in [0.29, 0.717) is 11.4 Å². The molecule has 0 unspecified atom stereocenters. The van der Waals surface area contributed by atoms with Crippen molar-refractivity contribution < 1.29 is 4.79 Å². The lowest BCUT2D eigenvalue weighted by molar-refractivity contribution is -0.114. The molecule has 2 rings (SSSR count). The summed E-state index contributed by atoms with van der Waals surface area (Å²) in [7, 11) is 0. The molecule has 0 aliphatic carbocycles. The number of hydrogen-bond donors (Lipinski definition) is 3. The molecule has 0 spiro atoms. The monoisotopic (exact) mass is 295 g/mol. The second-order valence-electron chi connectivity index (χ2n) is 4.23. The molecule has 0 fully saturated rings. The molecule has 1 amide bonds. The zero-order valence-electron chi connectivity index (χ0n) is 11.7. The van der Waals surface area contributed by atoms with Crippen molar-refractivity contribution in [3.63, 3.8) is 0 Å². The maximum atomic E-state index is 10.9. The Balaban J connectivity index is 2.04. The van der Waals surface area contributed by atoms with Gasteiger partial charge in [-0.1, -0.05) is 6.07 Å². The number of aromatic nitrogens is 2. The summed E-state index contributed by atoms with van der Waals surface area (Å²) in [4.78, 5) is 18.9. The number of pyridine rings is 2. The van der Waals surface area contributed by atoms with Crippen LogP contribution in [0.5, 0.6) is 0 Å². The van der Waals surface area contributed by atoms with Crippen molar-refractivity contribution in [2.45, 2.75) is 6.92 Å². The van der Waals surface area contributed by atoms with Crippen molar-refractivity contribution in [3.05, 3.63) is 54.1 Å². The Bertz CT molecular complexity index is 723. The van der Waals surface area contributed by atoms with Gasteiger partial charge in [0.2, 0.25) is 5.91 Å². The fourth-order valence-corrected chi connectivity index (χ4v) is 1.52. The minimum atomic E-state index is -0.201. The molecular formula is C14H13N7O. The fourth-order valence-electron chi connectivity index (χ4n) is 1.52. The summed E-state index contributed by atoms with van der Waals surface area (Å²) in [5.74, 6) is -0.525. The van der Waals surface area contributed by atoms with Gasteiger partial charge in [-0.3, -0.25) is 25.6 Å². The van der Waals surface area contributed by atoms with E-state index < -0.39 is 0 Å². The number of anilines is 1. The number of amides is 1. The molecular weight excluding hydrogens is 282 g/mol. The SMILES string of the molecule is CC(=O)Nc1ccc(C(=N)/N=N\C(=N)c2ccccn2)nc1. The number of nitrogens with zero attached hydrogens (tertiary/aromatic N) is 4. The molecule has 110 valence electrons. The summed E-state index contributed by atoms with van der Waals surface area (Å²) >= 11 is 0. The van der Waals surface area contributed by atoms with Crippen LogP contribution in [-0.4, -0.2) is 27.5 Å². The smallest absolute Gasteiger partial charge is 0.221 e. The second kappa shape index (κ2) is 6.93. The van der Waals surface area contributed by atoms with Crippen LogP contribution in [0, 0.1) is 10.8 Å². The van der Waals surface area contributed by atoms with E-state index in [2.05, 4.69) is 25.5 Å². The zero-order valence-corrected chi connectivity index (χ0v) is 11.7. The summed E-state index contributed by atoms with van der Waals surface area (Å²) in [6.45, 7) is 1.40. The van der Waals surface area contributed by atoms with Gasteiger partial charge in [-0.05, 0) is 24.3 Å². The van der Waals surface area contributed by atoms with Crippen molar-refractivity contribution in [1.29, 1.82) is 10.8 Å². The van der Waals surface area contributed by atoms with Gasteiger partial charge < -0.3 is 5.32 Å². The average molecular weight is 295 g/mol. The van der Waals surface area contributed by atoms with Crippen LogP contribution >= 0.6 is 0 Å². The first-order valence-corrected chi connectivity index (χ1v) is 6.30. The van der Waals surface area contributed by atoms with Gasteiger partial charge in [-0.2, -0.15) is 0 Å². The highest BCUT2D eigenvalue weighted by molar-refractivity contribution is 5.99. The normalized spacial score (nSPS) is 10.4. The van der Waals surface area contributed by atoms with Crippen LogP contribution in [0.1, 0.15) is 18.3 Å². The predicted octanol–water partition coefficient (Wildman–Crippen LogP) is 2.24. The molecule has 3 N–H and O–H groups in total. The Labute approximate surface area is 126 Å². The van der Waals surface area contributed by atoms with Gasteiger partial charge in [0.25, 0.3) is 0 Å². The Morgan fingerprint density at radius 3 is 2.23 bits per heavy atom. The maximum absolute atomic E-state index is 10.9. The zero-order chi connectivity index (χ0) is 15.9.